The normalized spacial score (nSPS) is 16.0. The zero-order chi connectivity index (χ0) is 13.7. The Morgan fingerprint density at radius 3 is 3.11 bits per heavy atom. The zero-order valence-electron chi connectivity index (χ0n) is 11.0. The van der Waals surface area contributed by atoms with Crippen molar-refractivity contribution < 1.29 is 4.79 Å². The monoisotopic (exact) mass is 295 g/mol. The first kappa shape index (κ1) is 14.4. The van der Waals surface area contributed by atoms with Crippen LogP contribution in [0.4, 0.5) is 5.82 Å². The molecule has 1 aliphatic heterocycles. The molecule has 2 rings (SSSR count). The van der Waals surface area contributed by atoms with E-state index in [0.29, 0.717) is 5.82 Å². The molecule has 0 bridgehead atoms. The van der Waals surface area contributed by atoms with Gasteiger partial charge in [0.1, 0.15) is 10.2 Å². The van der Waals surface area contributed by atoms with Crippen LogP contribution >= 0.6 is 23.5 Å². The Labute approximate surface area is 121 Å². The number of nitrogens with zero attached hydrogens (tertiary/aromatic N) is 2. The van der Waals surface area contributed by atoms with Crippen LogP contribution in [-0.4, -0.2) is 32.8 Å². The SMILES string of the molecule is CCC(SC1=NCCS1)C(=O)Nc1cc(C)ccn1. The average molecular weight is 295 g/mol. The summed E-state index contributed by atoms with van der Waals surface area (Å²) in [6, 6.07) is 3.78. The molecule has 4 nitrogen and oxygen atoms in total. The summed E-state index contributed by atoms with van der Waals surface area (Å²) in [6.07, 6.45) is 2.48. The summed E-state index contributed by atoms with van der Waals surface area (Å²) in [6.45, 7) is 4.86. The maximum absolute atomic E-state index is 12.2. The van der Waals surface area contributed by atoms with Crippen LogP contribution in [0, 0.1) is 6.92 Å². The van der Waals surface area contributed by atoms with Gasteiger partial charge in [0, 0.05) is 11.9 Å². The molecule has 0 fully saturated rings. The van der Waals surface area contributed by atoms with Gasteiger partial charge in [-0.15, -0.1) is 0 Å². The lowest BCUT2D eigenvalue weighted by Crippen LogP contribution is -2.25. The lowest BCUT2D eigenvalue weighted by molar-refractivity contribution is -0.115. The number of hydrogen-bond acceptors (Lipinski definition) is 5. The highest BCUT2D eigenvalue weighted by Gasteiger charge is 2.21. The highest BCUT2D eigenvalue weighted by Crippen LogP contribution is 2.28. The topological polar surface area (TPSA) is 54.4 Å². The summed E-state index contributed by atoms with van der Waals surface area (Å²) in [5.74, 6) is 1.64. The van der Waals surface area contributed by atoms with Gasteiger partial charge in [0.15, 0.2) is 0 Å². The van der Waals surface area contributed by atoms with E-state index in [0.717, 1.165) is 28.7 Å². The fraction of sp³-hybridized carbons (Fsp3) is 0.462. The van der Waals surface area contributed by atoms with Crippen molar-refractivity contribution in [3.05, 3.63) is 23.9 Å². The molecule has 2 heterocycles. The smallest absolute Gasteiger partial charge is 0.239 e. The highest BCUT2D eigenvalue weighted by atomic mass is 32.2. The van der Waals surface area contributed by atoms with E-state index < -0.39 is 0 Å². The van der Waals surface area contributed by atoms with Gasteiger partial charge in [-0.25, -0.2) is 4.98 Å². The van der Waals surface area contributed by atoms with E-state index in [-0.39, 0.29) is 11.2 Å². The standard InChI is InChI=1S/C13H17N3OS2/c1-3-10(19-13-15-6-7-18-13)12(17)16-11-8-9(2)4-5-14-11/h4-5,8,10H,3,6-7H2,1-2H3,(H,14,16,17). The number of aryl methyl sites for hydroxylation is 1. The number of carbonyl (C=O) groups is 1. The molecular weight excluding hydrogens is 278 g/mol. The second kappa shape index (κ2) is 6.96. The summed E-state index contributed by atoms with van der Waals surface area (Å²) in [4.78, 5) is 20.7. The van der Waals surface area contributed by atoms with Gasteiger partial charge in [-0.1, -0.05) is 30.4 Å². The van der Waals surface area contributed by atoms with Crippen molar-refractivity contribution in [3.63, 3.8) is 0 Å². The van der Waals surface area contributed by atoms with Crippen molar-refractivity contribution in [3.8, 4) is 0 Å². The number of amides is 1. The Bertz CT molecular complexity index is 491. The van der Waals surface area contributed by atoms with Gasteiger partial charge < -0.3 is 5.32 Å². The molecular formula is C13H17N3OS2. The van der Waals surface area contributed by atoms with Gasteiger partial charge in [-0.2, -0.15) is 0 Å². The van der Waals surface area contributed by atoms with E-state index in [4.69, 9.17) is 0 Å². The van der Waals surface area contributed by atoms with Crippen LogP contribution in [-0.2, 0) is 4.79 Å². The number of aliphatic imine (C=N–C) groups is 1. The van der Waals surface area contributed by atoms with E-state index in [1.54, 1.807) is 29.7 Å². The minimum atomic E-state index is -0.105. The molecule has 1 N–H and O–H groups in total. The summed E-state index contributed by atoms with van der Waals surface area (Å²) in [5.41, 5.74) is 1.08. The highest BCUT2D eigenvalue weighted by molar-refractivity contribution is 8.39. The predicted molar refractivity (Wildman–Crippen MR) is 84.0 cm³/mol. The summed E-state index contributed by atoms with van der Waals surface area (Å²) < 4.78 is 1.03. The van der Waals surface area contributed by atoms with Crippen molar-refractivity contribution >= 4 is 39.6 Å². The van der Waals surface area contributed by atoms with Crippen LogP contribution in [0.25, 0.3) is 0 Å². The van der Waals surface area contributed by atoms with Crippen LogP contribution in [0.2, 0.25) is 0 Å². The van der Waals surface area contributed by atoms with Crippen molar-refractivity contribution in [1.29, 1.82) is 0 Å². The van der Waals surface area contributed by atoms with Crippen molar-refractivity contribution in [1.82, 2.24) is 4.98 Å². The van der Waals surface area contributed by atoms with Crippen molar-refractivity contribution in [2.24, 2.45) is 4.99 Å². The third-order valence-electron chi connectivity index (χ3n) is 2.63. The third-order valence-corrected chi connectivity index (χ3v) is 5.20. The first-order valence-corrected chi connectivity index (χ1v) is 8.13. The summed E-state index contributed by atoms with van der Waals surface area (Å²) in [7, 11) is 0. The van der Waals surface area contributed by atoms with Crippen LogP contribution in [0.3, 0.4) is 0 Å². The largest absolute Gasteiger partial charge is 0.310 e. The second-order valence-corrected chi connectivity index (χ2v) is 6.75. The molecule has 1 unspecified atom stereocenters. The van der Waals surface area contributed by atoms with E-state index in [2.05, 4.69) is 15.3 Å². The maximum atomic E-state index is 12.2. The minimum absolute atomic E-state index is 0.000741. The number of rotatable bonds is 4. The van der Waals surface area contributed by atoms with Gasteiger partial charge in [0.2, 0.25) is 5.91 Å². The molecule has 1 amide bonds. The first-order valence-electron chi connectivity index (χ1n) is 6.26. The van der Waals surface area contributed by atoms with E-state index in [9.17, 15) is 4.79 Å². The second-order valence-electron chi connectivity index (χ2n) is 4.22. The third kappa shape index (κ3) is 4.24. The van der Waals surface area contributed by atoms with E-state index >= 15 is 0 Å². The van der Waals surface area contributed by atoms with Gasteiger partial charge >= 0.3 is 0 Å². The Hall–Kier alpha value is -1.01. The number of anilines is 1. The van der Waals surface area contributed by atoms with E-state index in [1.165, 1.54) is 0 Å². The summed E-state index contributed by atoms with van der Waals surface area (Å²) in [5, 5.41) is 2.77. The van der Waals surface area contributed by atoms with Gasteiger partial charge in [0.05, 0.1) is 11.8 Å². The Morgan fingerprint density at radius 2 is 2.47 bits per heavy atom. The van der Waals surface area contributed by atoms with Crippen LogP contribution < -0.4 is 5.32 Å². The Balaban J connectivity index is 1.96. The molecule has 0 aliphatic carbocycles. The van der Waals surface area contributed by atoms with Crippen LogP contribution in [0.5, 0.6) is 0 Å². The number of carbonyl (C=O) groups excluding carboxylic acids is 1. The number of hydrogen-bond donors (Lipinski definition) is 1. The minimum Gasteiger partial charge on any atom is -0.310 e. The molecule has 1 aliphatic rings. The van der Waals surface area contributed by atoms with Gasteiger partial charge in [0.25, 0.3) is 0 Å². The molecule has 1 aromatic rings. The fourth-order valence-corrected chi connectivity index (χ4v) is 3.79. The molecule has 0 radical (unpaired) electrons. The molecule has 0 saturated heterocycles. The first-order chi connectivity index (χ1) is 9.19. The predicted octanol–water partition coefficient (Wildman–Crippen LogP) is 2.94. The molecule has 6 heteroatoms. The van der Waals surface area contributed by atoms with Crippen molar-refractivity contribution in [2.75, 3.05) is 17.6 Å². The van der Waals surface area contributed by atoms with Gasteiger partial charge in [-0.05, 0) is 31.0 Å². The molecule has 0 aromatic carbocycles. The maximum Gasteiger partial charge on any atom is 0.239 e. The number of pyridine rings is 1. The number of aromatic nitrogens is 1. The summed E-state index contributed by atoms with van der Waals surface area (Å²) >= 11 is 3.29. The number of nitrogens with one attached hydrogen (secondary N) is 1. The molecule has 102 valence electrons. The lowest BCUT2D eigenvalue weighted by Gasteiger charge is -2.13. The molecule has 1 atom stereocenters. The molecule has 19 heavy (non-hydrogen) atoms. The number of thioether (sulfide) groups is 2. The average Bonchev–Trinajstić information content (AvgIpc) is 2.88. The van der Waals surface area contributed by atoms with E-state index in [1.807, 2.05) is 26.0 Å². The van der Waals surface area contributed by atoms with Gasteiger partial charge in [-0.3, -0.25) is 9.79 Å². The Morgan fingerprint density at radius 1 is 1.63 bits per heavy atom. The molecule has 0 spiro atoms. The lowest BCUT2D eigenvalue weighted by atomic mass is 10.3. The molecule has 0 saturated carbocycles. The Kier molecular flexibility index (Phi) is 5.27. The molecule has 1 aromatic heterocycles. The fourth-order valence-electron chi connectivity index (χ4n) is 1.64. The van der Waals surface area contributed by atoms with Crippen LogP contribution in [0.15, 0.2) is 23.3 Å². The quantitative estimate of drug-likeness (QED) is 0.928. The zero-order valence-corrected chi connectivity index (χ0v) is 12.7. The van der Waals surface area contributed by atoms with Crippen LogP contribution in [0.1, 0.15) is 18.9 Å². The van der Waals surface area contributed by atoms with Crippen molar-refractivity contribution in [2.45, 2.75) is 25.5 Å².